The van der Waals surface area contributed by atoms with Gasteiger partial charge >= 0.3 is 0 Å². The van der Waals surface area contributed by atoms with Crippen molar-refractivity contribution in [3.8, 4) is 0 Å². The Kier molecular flexibility index (Phi) is 7.24. The molecule has 4 N–H and O–H groups in total. The Hall–Kier alpha value is -2.09. The van der Waals surface area contributed by atoms with Crippen LogP contribution in [0.2, 0.25) is 0 Å². The number of fused-ring (bicyclic) bond motifs is 4. The first kappa shape index (κ1) is 26.0. The zero-order valence-corrected chi connectivity index (χ0v) is 21.4. The third kappa shape index (κ3) is 4.58. The predicted octanol–water partition coefficient (Wildman–Crippen LogP) is 4.23. The molecule has 1 aromatic heterocycles. The van der Waals surface area contributed by atoms with E-state index in [1.54, 1.807) is 12.3 Å². The number of halogens is 1. The normalized spacial score (nSPS) is 37.9. The fourth-order valence-corrected chi connectivity index (χ4v) is 6.99. The molecular formula is C28H40FN3O3. The average molecular weight is 486 g/mol. The third-order valence-electron chi connectivity index (χ3n) is 8.86. The van der Waals surface area contributed by atoms with Gasteiger partial charge in [0.25, 0.3) is 5.91 Å². The van der Waals surface area contributed by atoms with Gasteiger partial charge in [-0.25, -0.2) is 4.39 Å². The van der Waals surface area contributed by atoms with Crippen molar-refractivity contribution < 1.29 is 19.4 Å². The minimum Gasteiger partial charge on any atom is -0.393 e. The molecule has 1 heterocycles. The lowest BCUT2D eigenvalue weighted by atomic mass is 9.58. The molecule has 4 aliphatic carbocycles. The molecule has 2 saturated carbocycles. The van der Waals surface area contributed by atoms with Crippen molar-refractivity contribution in [1.29, 1.82) is 0 Å². The largest absolute Gasteiger partial charge is 0.393 e. The van der Waals surface area contributed by atoms with E-state index in [0.29, 0.717) is 49.8 Å². The molecule has 0 saturated heterocycles. The summed E-state index contributed by atoms with van der Waals surface area (Å²) in [6.07, 6.45) is 9.02. The Bertz CT molecular complexity index is 1030. The zero-order valence-electron chi connectivity index (χ0n) is 21.4. The quantitative estimate of drug-likeness (QED) is 0.471. The van der Waals surface area contributed by atoms with Crippen LogP contribution in [0.1, 0.15) is 64.0 Å². The van der Waals surface area contributed by atoms with E-state index in [-0.39, 0.29) is 30.6 Å². The van der Waals surface area contributed by atoms with Crippen LogP contribution in [0.4, 0.5) is 10.1 Å². The van der Waals surface area contributed by atoms with Gasteiger partial charge in [-0.3, -0.25) is 9.78 Å². The van der Waals surface area contributed by atoms with E-state index >= 15 is 4.39 Å². The van der Waals surface area contributed by atoms with Crippen molar-refractivity contribution in [2.24, 2.45) is 17.3 Å². The molecule has 0 aromatic carbocycles. The highest BCUT2D eigenvalue weighted by atomic mass is 19.1. The number of aryl methyl sites for hydroxylation is 1. The van der Waals surface area contributed by atoms with Gasteiger partial charge < -0.3 is 20.8 Å². The standard InChI is InChI=1S/C26H33FN2O3.C2H7N/c1-16-21(4-3-13-28-16)29-23(31)20-7-8-22-24(20,2)11-9-18-14-25(27)15-19(30)6-5-17(25)10-12-26(18,22)32;1-3-2/h3-4,7,9,13,17,19,22,30,32H,5-6,8,10-12,14-15H2,1-2H3,(H,29,31);3H,1-2H3/t17?,19?,22?,24?,25?,26-;/m1./s1. The van der Waals surface area contributed by atoms with Crippen LogP contribution in [0.15, 0.2) is 41.6 Å². The molecule has 0 aliphatic heterocycles. The Balaban J connectivity index is 0.000000917. The summed E-state index contributed by atoms with van der Waals surface area (Å²) >= 11 is 0. The number of aromatic nitrogens is 1. The number of anilines is 1. The number of aliphatic hydroxyl groups is 2. The van der Waals surface area contributed by atoms with E-state index < -0.39 is 22.8 Å². The molecular weight excluding hydrogens is 445 g/mol. The molecule has 1 amide bonds. The Morgan fingerprint density at radius 3 is 2.69 bits per heavy atom. The average Bonchev–Trinajstić information content (AvgIpc) is 3.10. The van der Waals surface area contributed by atoms with Crippen LogP contribution in [0, 0.1) is 24.2 Å². The van der Waals surface area contributed by atoms with Gasteiger partial charge in [-0.15, -0.1) is 0 Å². The van der Waals surface area contributed by atoms with Crippen molar-refractivity contribution in [3.05, 3.63) is 47.3 Å². The molecule has 2 fully saturated rings. The summed E-state index contributed by atoms with van der Waals surface area (Å²) in [4.78, 5) is 17.5. The van der Waals surface area contributed by atoms with Gasteiger partial charge in [0.1, 0.15) is 5.67 Å². The smallest absolute Gasteiger partial charge is 0.251 e. The lowest BCUT2D eigenvalue weighted by molar-refractivity contribution is -0.115. The number of aliphatic hydroxyl groups excluding tert-OH is 1. The number of nitrogens with zero attached hydrogens (tertiary/aromatic N) is 1. The maximum Gasteiger partial charge on any atom is 0.251 e. The number of pyridine rings is 1. The molecule has 6 atom stereocenters. The molecule has 0 bridgehead atoms. The van der Waals surface area contributed by atoms with Gasteiger partial charge in [0, 0.05) is 35.9 Å². The summed E-state index contributed by atoms with van der Waals surface area (Å²) in [6.45, 7) is 3.92. The second kappa shape index (κ2) is 9.75. The van der Waals surface area contributed by atoms with E-state index in [0.717, 1.165) is 11.3 Å². The minimum absolute atomic E-state index is 0.127. The number of allylic oxidation sites excluding steroid dienone is 2. The number of carbonyl (C=O) groups excluding carboxylic acids is 1. The Morgan fingerprint density at radius 2 is 1.97 bits per heavy atom. The van der Waals surface area contributed by atoms with Crippen LogP contribution >= 0.6 is 0 Å². The zero-order chi connectivity index (χ0) is 25.4. The maximum atomic E-state index is 16.0. The molecule has 1 aromatic rings. The fourth-order valence-electron chi connectivity index (χ4n) is 6.99. The summed E-state index contributed by atoms with van der Waals surface area (Å²) in [5.41, 5.74) is -0.154. The Morgan fingerprint density at radius 1 is 1.23 bits per heavy atom. The number of carbonyl (C=O) groups is 1. The Labute approximate surface area is 208 Å². The maximum absolute atomic E-state index is 16.0. The summed E-state index contributed by atoms with van der Waals surface area (Å²) in [5, 5.41) is 27.9. The summed E-state index contributed by atoms with van der Waals surface area (Å²) in [5.74, 6) is -0.434. The number of rotatable bonds is 2. The van der Waals surface area contributed by atoms with Gasteiger partial charge in [0.2, 0.25) is 0 Å². The van der Waals surface area contributed by atoms with E-state index in [4.69, 9.17) is 0 Å². The highest BCUT2D eigenvalue weighted by Crippen LogP contribution is 2.61. The molecule has 6 nitrogen and oxygen atoms in total. The van der Waals surface area contributed by atoms with Crippen LogP contribution in [0.3, 0.4) is 0 Å². The van der Waals surface area contributed by atoms with Gasteiger partial charge in [-0.1, -0.05) is 19.1 Å². The number of amides is 1. The first-order valence-corrected chi connectivity index (χ1v) is 12.9. The topological polar surface area (TPSA) is 94.5 Å². The van der Waals surface area contributed by atoms with E-state index in [2.05, 4.69) is 22.5 Å². The SMILES string of the molecule is CNC.Cc1ncccc1NC(=O)C1=CCC2C1(C)CC=C1CC3(F)CC(O)CCC3CC[C@@]12O. The molecule has 5 unspecified atom stereocenters. The number of nitrogens with one attached hydrogen (secondary N) is 2. The molecule has 4 aliphatic rings. The molecule has 35 heavy (non-hydrogen) atoms. The van der Waals surface area contributed by atoms with Crippen LogP contribution in [-0.4, -0.2) is 52.6 Å². The third-order valence-corrected chi connectivity index (χ3v) is 8.86. The van der Waals surface area contributed by atoms with Crippen LogP contribution in [0.5, 0.6) is 0 Å². The number of hydrogen-bond donors (Lipinski definition) is 4. The van der Waals surface area contributed by atoms with Gasteiger partial charge in [0.05, 0.1) is 23.1 Å². The van der Waals surface area contributed by atoms with Crippen molar-refractivity contribution in [3.63, 3.8) is 0 Å². The molecule has 0 spiro atoms. The molecule has 192 valence electrons. The van der Waals surface area contributed by atoms with Crippen LogP contribution < -0.4 is 10.6 Å². The van der Waals surface area contributed by atoms with E-state index in [1.165, 1.54) is 0 Å². The van der Waals surface area contributed by atoms with Crippen LogP contribution in [0.25, 0.3) is 0 Å². The predicted molar refractivity (Wildman–Crippen MR) is 136 cm³/mol. The van der Waals surface area contributed by atoms with Gasteiger partial charge in [-0.2, -0.15) is 0 Å². The fraction of sp³-hybridized carbons (Fsp3) is 0.643. The lowest BCUT2D eigenvalue weighted by Gasteiger charge is -2.49. The molecule has 5 rings (SSSR count). The van der Waals surface area contributed by atoms with Crippen molar-refractivity contribution in [2.45, 2.75) is 82.6 Å². The highest BCUT2D eigenvalue weighted by molar-refractivity contribution is 6.05. The highest BCUT2D eigenvalue weighted by Gasteiger charge is 2.60. The van der Waals surface area contributed by atoms with E-state index in [9.17, 15) is 15.0 Å². The van der Waals surface area contributed by atoms with Gasteiger partial charge in [0.15, 0.2) is 0 Å². The lowest BCUT2D eigenvalue weighted by Crippen LogP contribution is -2.50. The first-order valence-electron chi connectivity index (χ1n) is 12.9. The second-order valence-electron chi connectivity index (χ2n) is 11.2. The number of alkyl halides is 1. The summed E-state index contributed by atoms with van der Waals surface area (Å²) in [7, 11) is 3.75. The summed E-state index contributed by atoms with van der Waals surface area (Å²) in [6, 6.07) is 3.63. The molecule has 7 heteroatoms. The van der Waals surface area contributed by atoms with Gasteiger partial charge in [-0.05, 0) is 83.2 Å². The second-order valence-corrected chi connectivity index (χ2v) is 11.2. The number of hydrogen-bond acceptors (Lipinski definition) is 5. The monoisotopic (exact) mass is 485 g/mol. The molecule has 0 radical (unpaired) electrons. The van der Waals surface area contributed by atoms with Crippen molar-refractivity contribution in [1.82, 2.24) is 10.3 Å². The van der Waals surface area contributed by atoms with Crippen molar-refractivity contribution in [2.75, 3.05) is 19.4 Å². The first-order chi connectivity index (χ1) is 16.6. The summed E-state index contributed by atoms with van der Waals surface area (Å²) < 4.78 is 16.0. The van der Waals surface area contributed by atoms with Crippen LogP contribution in [-0.2, 0) is 4.79 Å². The van der Waals surface area contributed by atoms with Crippen molar-refractivity contribution >= 4 is 11.6 Å². The van der Waals surface area contributed by atoms with E-state index in [1.807, 2.05) is 39.2 Å². The minimum atomic E-state index is -1.45.